The predicted molar refractivity (Wildman–Crippen MR) is 72.7 cm³/mol. The largest absolute Gasteiger partial charge is 0.494 e. The standard InChI is InChI=1S/C13H18ClNO4/c1-3-19-11-5-4-9(14)8-10(11)12(13(17)18)15(2)6-7-16/h4-5,8,12,16H,3,6-7H2,1-2H3,(H,17,18). The second-order valence-corrected chi connectivity index (χ2v) is 4.50. The van der Waals surface area contributed by atoms with E-state index in [4.69, 9.17) is 21.4 Å². The fourth-order valence-electron chi connectivity index (χ4n) is 1.87. The van der Waals surface area contributed by atoms with E-state index in [2.05, 4.69) is 0 Å². The van der Waals surface area contributed by atoms with Gasteiger partial charge in [0.25, 0.3) is 0 Å². The van der Waals surface area contributed by atoms with Gasteiger partial charge in [-0.3, -0.25) is 9.69 Å². The van der Waals surface area contributed by atoms with Crippen molar-refractivity contribution in [2.45, 2.75) is 13.0 Å². The number of hydrogen-bond acceptors (Lipinski definition) is 4. The lowest BCUT2D eigenvalue weighted by Gasteiger charge is -2.25. The van der Waals surface area contributed by atoms with Crippen molar-refractivity contribution >= 4 is 17.6 Å². The van der Waals surface area contributed by atoms with Gasteiger partial charge in [0.15, 0.2) is 0 Å². The summed E-state index contributed by atoms with van der Waals surface area (Å²) in [7, 11) is 1.63. The minimum absolute atomic E-state index is 0.120. The number of carboxylic acid groups (broad SMARTS) is 1. The molecule has 0 saturated carbocycles. The molecule has 1 aromatic carbocycles. The third kappa shape index (κ3) is 4.09. The number of carboxylic acids is 1. The fraction of sp³-hybridized carbons (Fsp3) is 0.462. The third-order valence-electron chi connectivity index (χ3n) is 2.69. The molecular formula is C13H18ClNO4. The Morgan fingerprint density at radius 3 is 2.74 bits per heavy atom. The molecule has 0 amide bonds. The number of likely N-dealkylation sites (N-methyl/N-ethyl adjacent to an activating group) is 1. The molecule has 0 aromatic heterocycles. The van der Waals surface area contributed by atoms with E-state index in [1.807, 2.05) is 6.92 Å². The van der Waals surface area contributed by atoms with Crippen LogP contribution in [-0.4, -0.2) is 47.9 Å². The van der Waals surface area contributed by atoms with Crippen molar-refractivity contribution in [1.82, 2.24) is 4.90 Å². The van der Waals surface area contributed by atoms with Crippen LogP contribution in [-0.2, 0) is 4.79 Å². The first kappa shape index (κ1) is 15.8. The zero-order valence-electron chi connectivity index (χ0n) is 11.0. The highest BCUT2D eigenvalue weighted by Crippen LogP contribution is 2.31. The van der Waals surface area contributed by atoms with E-state index in [-0.39, 0.29) is 13.2 Å². The number of benzene rings is 1. The molecule has 0 radical (unpaired) electrons. The molecule has 1 atom stereocenters. The Morgan fingerprint density at radius 2 is 2.21 bits per heavy atom. The summed E-state index contributed by atoms with van der Waals surface area (Å²) < 4.78 is 5.44. The van der Waals surface area contributed by atoms with E-state index in [0.717, 1.165) is 0 Å². The molecule has 1 unspecified atom stereocenters. The summed E-state index contributed by atoms with van der Waals surface area (Å²) in [6, 6.07) is 3.98. The van der Waals surface area contributed by atoms with Crippen molar-refractivity contribution in [3.8, 4) is 5.75 Å². The summed E-state index contributed by atoms with van der Waals surface area (Å²) >= 11 is 5.93. The molecule has 1 aromatic rings. The van der Waals surface area contributed by atoms with Gasteiger partial charge in [-0.25, -0.2) is 0 Å². The van der Waals surface area contributed by atoms with Crippen LogP contribution in [0.3, 0.4) is 0 Å². The second kappa shape index (κ2) is 7.33. The van der Waals surface area contributed by atoms with Crippen molar-refractivity contribution in [3.05, 3.63) is 28.8 Å². The smallest absolute Gasteiger partial charge is 0.325 e. The van der Waals surface area contributed by atoms with E-state index < -0.39 is 12.0 Å². The van der Waals surface area contributed by atoms with Crippen molar-refractivity contribution < 1.29 is 19.7 Å². The lowest BCUT2D eigenvalue weighted by atomic mass is 10.0. The highest BCUT2D eigenvalue weighted by molar-refractivity contribution is 6.30. The van der Waals surface area contributed by atoms with Crippen molar-refractivity contribution in [1.29, 1.82) is 0 Å². The van der Waals surface area contributed by atoms with Gasteiger partial charge in [-0.2, -0.15) is 0 Å². The number of carbonyl (C=O) groups is 1. The first-order chi connectivity index (χ1) is 9.01. The maximum atomic E-state index is 11.5. The average Bonchev–Trinajstić information content (AvgIpc) is 2.33. The molecule has 0 saturated heterocycles. The van der Waals surface area contributed by atoms with Gasteiger partial charge in [-0.1, -0.05) is 11.6 Å². The van der Waals surface area contributed by atoms with Gasteiger partial charge in [0.2, 0.25) is 0 Å². The normalized spacial score (nSPS) is 12.5. The molecule has 2 N–H and O–H groups in total. The molecule has 0 aliphatic carbocycles. The van der Waals surface area contributed by atoms with Gasteiger partial charge in [0, 0.05) is 17.1 Å². The predicted octanol–water partition coefficient (Wildman–Crippen LogP) is 1.79. The zero-order chi connectivity index (χ0) is 14.4. The third-order valence-corrected chi connectivity index (χ3v) is 2.93. The number of nitrogens with zero attached hydrogens (tertiary/aromatic N) is 1. The number of halogens is 1. The summed E-state index contributed by atoms with van der Waals surface area (Å²) in [4.78, 5) is 13.0. The van der Waals surface area contributed by atoms with Crippen LogP contribution in [0.2, 0.25) is 5.02 Å². The first-order valence-electron chi connectivity index (χ1n) is 5.97. The fourth-order valence-corrected chi connectivity index (χ4v) is 2.05. The van der Waals surface area contributed by atoms with Gasteiger partial charge in [0.05, 0.1) is 13.2 Å². The van der Waals surface area contributed by atoms with Gasteiger partial charge in [-0.15, -0.1) is 0 Å². The Kier molecular flexibility index (Phi) is 6.08. The number of aliphatic hydroxyl groups is 1. The lowest BCUT2D eigenvalue weighted by Crippen LogP contribution is -2.33. The highest BCUT2D eigenvalue weighted by atomic mass is 35.5. The van der Waals surface area contributed by atoms with E-state index in [1.165, 1.54) is 4.90 Å². The minimum atomic E-state index is -1.01. The van der Waals surface area contributed by atoms with Crippen LogP contribution in [0.4, 0.5) is 0 Å². The van der Waals surface area contributed by atoms with E-state index in [9.17, 15) is 9.90 Å². The molecule has 0 bridgehead atoms. The Hall–Kier alpha value is -1.30. The first-order valence-corrected chi connectivity index (χ1v) is 6.35. The van der Waals surface area contributed by atoms with Gasteiger partial charge in [0.1, 0.15) is 11.8 Å². The molecule has 19 heavy (non-hydrogen) atoms. The highest BCUT2D eigenvalue weighted by Gasteiger charge is 2.27. The van der Waals surface area contributed by atoms with E-state index >= 15 is 0 Å². The molecule has 1 rings (SSSR count). The monoisotopic (exact) mass is 287 g/mol. The van der Waals surface area contributed by atoms with Crippen LogP contribution in [0.5, 0.6) is 5.75 Å². The maximum absolute atomic E-state index is 11.5. The van der Waals surface area contributed by atoms with Crippen LogP contribution < -0.4 is 4.74 Å². The molecule has 5 nitrogen and oxygen atoms in total. The van der Waals surface area contributed by atoms with Gasteiger partial charge in [-0.05, 0) is 32.2 Å². The Bertz CT molecular complexity index is 439. The SMILES string of the molecule is CCOc1ccc(Cl)cc1C(C(=O)O)N(C)CCO. The van der Waals surface area contributed by atoms with Crippen LogP contribution in [0, 0.1) is 0 Å². The Morgan fingerprint density at radius 1 is 1.53 bits per heavy atom. The number of hydrogen-bond donors (Lipinski definition) is 2. The minimum Gasteiger partial charge on any atom is -0.494 e. The van der Waals surface area contributed by atoms with Gasteiger partial charge < -0.3 is 14.9 Å². The summed E-state index contributed by atoms with van der Waals surface area (Å²) in [6.45, 7) is 2.39. The molecule has 0 heterocycles. The van der Waals surface area contributed by atoms with Crippen LogP contribution in [0.15, 0.2) is 18.2 Å². The molecule has 0 aliphatic rings. The Labute approximate surface area is 117 Å². The maximum Gasteiger partial charge on any atom is 0.325 e. The van der Waals surface area contributed by atoms with Crippen LogP contribution >= 0.6 is 11.6 Å². The topological polar surface area (TPSA) is 70.0 Å². The van der Waals surface area contributed by atoms with Crippen molar-refractivity contribution in [2.75, 3.05) is 26.8 Å². The summed E-state index contributed by atoms with van der Waals surface area (Å²) in [5.41, 5.74) is 0.484. The molecule has 0 aliphatic heterocycles. The molecule has 0 fully saturated rings. The number of aliphatic carboxylic acids is 1. The van der Waals surface area contributed by atoms with Crippen molar-refractivity contribution in [3.63, 3.8) is 0 Å². The van der Waals surface area contributed by atoms with Crippen LogP contribution in [0.1, 0.15) is 18.5 Å². The van der Waals surface area contributed by atoms with Crippen molar-refractivity contribution in [2.24, 2.45) is 0 Å². The van der Waals surface area contributed by atoms with Gasteiger partial charge >= 0.3 is 5.97 Å². The summed E-state index contributed by atoms with van der Waals surface area (Å²) in [6.07, 6.45) is 0. The molecule has 106 valence electrons. The molecule has 0 spiro atoms. The Balaban J connectivity index is 3.20. The molecular weight excluding hydrogens is 270 g/mol. The van der Waals surface area contributed by atoms with E-state index in [1.54, 1.807) is 25.2 Å². The average molecular weight is 288 g/mol. The lowest BCUT2D eigenvalue weighted by molar-refractivity contribution is -0.143. The summed E-state index contributed by atoms with van der Waals surface area (Å²) in [5, 5.41) is 18.8. The number of aliphatic hydroxyl groups excluding tert-OH is 1. The van der Waals surface area contributed by atoms with Crippen LogP contribution in [0.25, 0.3) is 0 Å². The number of rotatable bonds is 7. The second-order valence-electron chi connectivity index (χ2n) is 4.06. The summed E-state index contributed by atoms with van der Waals surface area (Å²) in [5.74, 6) is -0.525. The zero-order valence-corrected chi connectivity index (χ0v) is 11.7. The van der Waals surface area contributed by atoms with E-state index in [0.29, 0.717) is 22.9 Å². The molecule has 6 heteroatoms. The number of ether oxygens (including phenoxy) is 1. The quantitative estimate of drug-likeness (QED) is 0.800.